The first-order valence-corrected chi connectivity index (χ1v) is 8.77. The number of aryl methyl sites for hydroxylation is 2. The molecule has 6 heteroatoms. The first kappa shape index (κ1) is 15.5. The number of nitrogens with zero attached hydrogens (tertiary/aromatic N) is 2. The van der Waals surface area contributed by atoms with Gasteiger partial charge in [0.1, 0.15) is 12.1 Å². The topological polar surface area (TPSA) is 47.6 Å². The van der Waals surface area contributed by atoms with E-state index in [2.05, 4.69) is 44.0 Å². The normalized spacial score (nSPS) is 11.7. The molecule has 100 valence electrons. The Balaban J connectivity index is 2.74. The van der Waals surface area contributed by atoms with E-state index in [0.717, 1.165) is 28.5 Å². The summed E-state index contributed by atoms with van der Waals surface area (Å²) in [5.74, 6) is 0. The molecule has 0 radical (unpaired) electrons. The van der Waals surface area contributed by atoms with Crippen molar-refractivity contribution < 1.29 is 0 Å². The van der Waals surface area contributed by atoms with E-state index in [1.165, 1.54) is 0 Å². The highest BCUT2D eigenvalue weighted by Gasteiger charge is 2.18. The zero-order valence-corrected chi connectivity index (χ0v) is 15.4. The minimum atomic E-state index is 0.431. The predicted octanol–water partition coefficient (Wildman–Crippen LogP) is 5.91. The van der Waals surface area contributed by atoms with Crippen molar-refractivity contribution in [3.05, 3.63) is 40.6 Å². The van der Waals surface area contributed by atoms with E-state index in [9.17, 15) is 10.5 Å². The molecule has 0 aliphatic rings. The molecule has 2 nitrogen and oxygen atoms in total. The summed E-state index contributed by atoms with van der Waals surface area (Å²) in [5.41, 5.74) is 2.51. The number of rotatable bonds is 2. The molecule has 0 unspecified atom stereocenters. The highest BCUT2D eigenvalue weighted by Crippen LogP contribution is 2.38. The largest absolute Gasteiger partial charge is 0.192 e. The Morgan fingerprint density at radius 1 is 0.900 bits per heavy atom. The van der Waals surface area contributed by atoms with Crippen molar-refractivity contribution in [3.8, 4) is 12.1 Å². The standard InChI is InChI=1S/C14H8Br2N2S2/c1-7-9(3-13(15)19-7)11(5-17)12(6-18)10-4-14(16)20-8(10)2/h3-4H,1-2H3. The Bertz CT molecular complexity index is 719. The van der Waals surface area contributed by atoms with Crippen molar-refractivity contribution in [1.82, 2.24) is 0 Å². The summed E-state index contributed by atoms with van der Waals surface area (Å²) in [6.45, 7) is 3.90. The van der Waals surface area contributed by atoms with Crippen molar-refractivity contribution in [2.45, 2.75) is 13.8 Å². The fourth-order valence-corrected chi connectivity index (χ4v) is 5.28. The molecule has 0 amide bonds. The molecule has 0 atom stereocenters. The fourth-order valence-electron chi connectivity index (χ4n) is 1.89. The highest BCUT2D eigenvalue weighted by molar-refractivity contribution is 9.11. The van der Waals surface area contributed by atoms with Crippen LogP contribution < -0.4 is 0 Å². The van der Waals surface area contributed by atoms with Gasteiger partial charge in [-0.25, -0.2) is 0 Å². The third kappa shape index (κ3) is 2.89. The number of halogens is 2. The van der Waals surface area contributed by atoms with Crippen molar-refractivity contribution in [2.24, 2.45) is 0 Å². The summed E-state index contributed by atoms with van der Waals surface area (Å²) in [5, 5.41) is 19.0. The smallest absolute Gasteiger partial charge is 0.101 e. The van der Waals surface area contributed by atoms with Gasteiger partial charge in [0.2, 0.25) is 0 Å². The van der Waals surface area contributed by atoms with E-state index in [1.54, 1.807) is 22.7 Å². The lowest BCUT2D eigenvalue weighted by atomic mass is 9.97. The van der Waals surface area contributed by atoms with Crippen molar-refractivity contribution in [3.63, 3.8) is 0 Å². The van der Waals surface area contributed by atoms with Crippen LogP contribution in [0.4, 0.5) is 0 Å². The van der Waals surface area contributed by atoms with Gasteiger partial charge in [0, 0.05) is 20.9 Å². The number of nitriles is 2. The molecule has 0 aliphatic heterocycles. The molecule has 20 heavy (non-hydrogen) atoms. The SMILES string of the molecule is Cc1sc(Br)cc1C(C#N)=C(C#N)c1cc(Br)sc1C. The van der Waals surface area contributed by atoms with Crippen LogP contribution >= 0.6 is 54.5 Å². The van der Waals surface area contributed by atoms with Gasteiger partial charge in [-0.1, -0.05) is 0 Å². The number of thiophene rings is 2. The summed E-state index contributed by atoms with van der Waals surface area (Å²) in [7, 11) is 0. The van der Waals surface area contributed by atoms with Crippen LogP contribution in [0.15, 0.2) is 19.7 Å². The minimum absolute atomic E-state index is 0.431. The van der Waals surface area contributed by atoms with E-state index in [4.69, 9.17) is 0 Å². The van der Waals surface area contributed by atoms with E-state index < -0.39 is 0 Å². The van der Waals surface area contributed by atoms with E-state index in [0.29, 0.717) is 11.1 Å². The molecule has 0 saturated heterocycles. The molecular formula is C14H8Br2N2S2. The third-order valence-corrected chi connectivity index (χ3v) is 5.89. The maximum absolute atomic E-state index is 9.50. The van der Waals surface area contributed by atoms with E-state index in [-0.39, 0.29) is 0 Å². The average molecular weight is 428 g/mol. The molecule has 0 fully saturated rings. The van der Waals surface area contributed by atoms with Crippen LogP contribution in [0.5, 0.6) is 0 Å². The van der Waals surface area contributed by atoms with Crippen LogP contribution in [0.3, 0.4) is 0 Å². The molecule has 2 aromatic rings. The highest BCUT2D eigenvalue weighted by atomic mass is 79.9. The Kier molecular flexibility index (Phi) is 4.82. The summed E-state index contributed by atoms with van der Waals surface area (Å²) in [6, 6.07) is 8.17. The second-order valence-corrected chi connectivity index (χ2v) is 9.29. The molecule has 0 spiro atoms. The number of hydrogen-bond donors (Lipinski definition) is 0. The molecule has 0 bridgehead atoms. The summed E-state index contributed by atoms with van der Waals surface area (Å²) in [6.07, 6.45) is 0. The Morgan fingerprint density at radius 2 is 1.25 bits per heavy atom. The summed E-state index contributed by atoms with van der Waals surface area (Å²) in [4.78, 5) is 2.04. The lowest BCUT2D eigenvalue weighted by molar-refractivity contribution is 1.48. The maximum atomic E-state index is 9.50. The second-order valence-electron chi connectivity index (χ2n) is 4.01. The summed E-state index contributed by atoms with van der Waals surface area (Å²) >= 11 is 9.97. The fraction of sp³-hybridized carbons (Fsp3) is 0.143. The first-order valence-electron chi connectivity index (χ1n) is 5.55. The average Bonchev–Trinajstić information content (AvgIpc) is 2.88. The zero-order valence-electron chi connectivity index (χ0n) is 10.6. The maximum Gasteiger partial charge on any atom is 0.101 e. The van der Waals surface area contributed by atoms with Gasteiger partial charge in [-0.3, -0.25) is 0 Å². The monoisotopic (exact) mass is 426 g/mol. The van der Waals surface area contributed by atoms with Gasteiger partial charge in [-0.2, -0.15) is 10.5 Å². The van der Waals surface area contributed by atoms with Crippen molar-refractivity contribution in [2.75, 3.05) is 0 Å². The van der Waals surface area contributed by atoms with E-state index in [1.807, 2.05) is 26.0 Å². The molecule has 0 aromatic carbocycles. The van der Waals surface area contributed by atoms with Crippen molar-refractivity contribution in [1.29, 1.82) is 10.5 Å². The molecular weight excluding hydrogens is 420 g/mol. The minimum Gasteiger partial charge on any atom is -0.192 e. The van der Waals surface area contributed by atoms with Crippen LogP contribution in [-0.4, -0.2) is 0 Å². The Hall–Kier alpha value is -0.920. The first-order chi connectivity index (χ1) is 9.47. The third-order valence-electron chi connectivity index (χ3n) is 2.79. The molecule has 2 rings (SSSR count). The van der Waals surface area contributed by atoms with Crippen LogP contribution in [0.1, 0.15) is 20.9 Å². The molecule has 2 heterocycles. The second kappa shape index (κ2) is 6.24. The Labute approximate surface area is 142 Å². The molecule has 0 saturated carbocycles. The van der Waals surface area contributed by atoms with Crippen LogP contribution in [0.25, 0.3) is 11.1 Å². The van der Waals surface area contributed by atoms with Gasteiger partial charge >= 0.3 is 0 Å². The van der Waals surface area contributed by atoms with Crippen LogP contribution in [-0.2, 0) is 0 Å². The van der Waals surface area contributed by atoms with Gasteiger partial charge < -0.3 is 0 Å². The molecule has 0 aliphatic carbocycles. The lowest BCUT2D eigenvalue weighted by Gasteiger charge is -2.03. The molecule has 0 N–H and O–H groups in total. The van der Waals surface area contributed by atoms with Crippen LogP contribution in [0.2, 0.25) is 0 Å². The quantitative estimate of drug-likeness (QED) is 0.559. The van der Waals surface area contributed by atoms with Crippen LogP contribution in [0, 0.1) is 36.5 Å². The van der Waals surface area contributed by atoms with Gasteiger partial charge in [-0.05, 0) is 57.8 Å². The van der Waals surface area contributed by atoms with E-state index >= 15 is 0 Å². The van der Waals surface area contributed by atoms with Gasteiger partial charge in [-0.15, -0.1) is 22.7 Å². The van der Waals surface area contributed by atoms with Gasteiger partial charge in [0.25, 0.3) is 0 Å². The summed E-state index contributed by atoms with van der Waals surface area (Å²) < 4.78 is 1.91. The van der Waals surface area contributed by atoms with Gasteiger partial charge in [0.15, 0.2) is 0 Å². The molecule has 2 aromatic heterocycles. The number of allylic oxidation sites excluding steroid dienone is 2. The lowest BCUT2D eigenvalue weighted by Crippen LogP contribution is -1.89. The zero-order chi connectivity index (χ0) is 14.9. The predicted molar refractivity (Wildman–Crippen MR) is 91.6 cm³/mol. The van der Waals surface area contributed by atoms with Crippen molar-refractivity contribution >= 4 is 65.7 Å². The number of hydrogen-bond acceptors (Lipinski definition) is 4. The van der Waals surface area contributed by atoms with Gasteiger partial charge in [0.05, 0.1) is 18.7 Å². The Morgan fingerprint density at radius 3 is 1.45 bits per heavy atom.